The number of nitrogens with zero attached hydrogens (tertiary/aromatic N) is 1. The van der Waals surface area contributed by atoms with E-state index in [2.05, 4.69) is 5.92 Å². The van der Waals surface area contributed by atoms with Crippen LogP contribution in [-0.2, 0) is 21.4 Å². The topological polar surface area (TPSA) is 83.9 Å². The molecule has 0 unspecified atom stereocenters. The summed E-state index contributed by atoms with van der Waals surface area (Å²) < 4.78 is 32.4. The van der Waals surface area contributed by atoms with Crippen molar-refractivity contribution >= 4 is 16.0 Å². The molecule has 0 bridgehead atoms. The van der Waals surface area contributed by atoms with E-state index < -0.39 is 16.0 Å². The Morgan fingerprint density at radius 1 is 1.11 bits per heavy atom. The van der Waals surface area contributed by atoms with Gasteiger partial charge in [-0.2, -0.15) is 4.31 Å². The van der Waals surface area contributed by atoms with Gasteiger partial charge in [-0.25, -0.2) is 13.2 Å². The number of benzene rings is 2. The van der Waals surface area contributed by atoms with Crippen molar-refractivity contribution in [3.63, 3.8) is 0 Å². The van der Waals surface area contributed by atoms with Gasteiger partial charge in [0.2, 0.25) is 10.0 Å². The number of hydrogen-bond donors (Lipinski definition) is 1. The lowest BCUT2D eigenvalue weighted by molar-refractivity contribution is 0.0468. The molecule has 0 aliphatic carbocycles. The quantitative estimate of drug-likeness (QED) is 0.397. The van der Waals surface area contributed by atoms with Crippen LogP contribution in [0.15, 0.2) is 71.6 Å². The molecule has 6 nitrogen and oxygen atoms in total. The average molecular weight is 399 g/mol. The molecule has 0 amide bonds. The SMILES string of the molecule is C#CCN(C/C=C\CO)S(=O)(=O)c1ccccc1C(=O)OCc1ccccc1. The number of aliphatic hydroxyl groups is 1. The molecule has 0 fully saturated rings. The standard InChI is InChI=1S/C21H21NO5S/c1-2-14-22(15-8-9-16-23)28(25,26)20-13-7-6-12-19(20)21(24)27-17-18-10-4-3-5-11-18/h1,3-13,23H,14-17H2/b9-8-. The Morgan fingerprint density at radius 3 is 2.46 bits per heavy atom. The van der Waals surface area contributed by atoms with Gasteiger partial charge in [0.1, 0.15) is 6.61 Å². The van der Waals surface area contributed by atoms with Gasteiger partial charge in [0.05, 0.1) is 23.6 Å². The molecule has 2 rings (SSSR count). The summed E-state index contributed by atoms with van der Waals surface area (Å²) in [6.07, 6.45) is 8.20. The molecule has 0 saturated heterocycles. The molecule has 28 heavy (non-hydrogen) atoms. The van der Waals surface area contributed by atoms with Gasteiger partial charge in [-0.1, -0.05) is 60.5 Å². The van der Waals surface area contributed by atoms with Crippen LogP contribution in [0.5, 0.6) is 0 Å². The van der Waals surface area contributed by atoms with E-state index in [0.717, 1.165) is 9.87 Å². The molecule has 0 aromatic heterocycles. The monoisotopic (exact) mass is 399 g/mol. The maximum atomic E-state index is 13.0. The minimum Gasteiger partial charge on any atom is -0.457 e. The fourth-order valence-corrected chi connectivity index (χ4v) is 3.90. The summed E-state index contributed by atoms with van der Waals surface area (Å²) in [4.78, 5) is 12.4. The molecule has 0 spiro atoms. The van der Waals surface area contributed by atoms with Gasteiger partial charge in [0.15, 0.2) is 0 Å². The third kappa shape index (κ3) is 5.54. The van der Waals surface area contributed by atoms with Gasteiger partial charge >= 0.3 is 5.97 Å². The van der Waals surface area contributed by atoms with Crippen LogP contribution < -0.4 is 0 Å². The number of hydrogen-bond acceptors (Lipinski definition) is 5. The first-order valence-electron chi connectivity index (χ1n) is 8.50. The fourth-order valence-electron chi connectivity index (χ4n) is 2.42. The predicted molar refractivity (Wildman–Crippen MR) is 106 cm³/mol. The average Bonchev–Trinajstić information content (AvgIpc) is 2.72. The summed E-state index contributed by atoms with van der Waals surface area (Å²) in [5.74, 6) is 1.56. The summed E-state index contributed by atoms with van der Waals surface area (Å²) in [5.41, 5.74) is 0.728. The van der Waals surface area contributed by atoms with Crippen molar-refractivity contribution in [1.82, 2.24) is 4.31 Å². The Kier molecular flexibility index (Phi) is 7.96. The van der Waals surface area contributed by atoms with Gasteiger partial charge in [0.25, 0.3) is 0 Å². The van der Waals surface area contributed by atoms with Crippen LogP contribution >= 0.6 is 0 Å². The largest absolute Gasteiger partial charge is 0.457 e. The van der Waals surface area contributed by atoms with Crippen LogP contribution in [-0.4, -0.2) is 43.5 Å². The molecule has 7 heteroatoms. The zero-order valence-corrected chi connectivity index (χ0v) is 16.0. The van der Waals surface area contributed by atoms with Gasteiger partial charge in [-0.3, -0.25) is 0 Å². The number of terminal acetylenes is 1. The van der Waals surface area contributed by atoms with Crippen LogP contribution in [0.4, 0.5) is 0 Å². The number of aliphatic hydroxyl groups excluding tert-OH is 1. The summed E-state index contributed by atoms with van der Waals surface area (Å²) in [6, 6.07) is 14.9. The van der Waals surface area contributed by atoms with E-state index >= 15 is 0 Å². The van der Waals surface area contributed by atoms with Crippen molar-refractivity contribution in [3.8, 4) is 12.3 Å². The molecule has 2 aromatic rings. The highest BCUT2D eigenvalue weighted by Crippen LogP contribution is 2.21. The van der Waals surface area contributed by atoms with E-state index in [-0.39, 0.29) is 36.8 Å². The second-order valence-corrected chi connectivity index (χ2v) is 7.62. The van der Waals surface area contributed by atoms with Crippen molar-refractivity contribution in [2.45, 2.75) is 11.5 Å². The Hall–Kier alpha value is -2.92. The summed E-state index contributed by atoms with van der Waals surface area (Å²) >= 11 is 0. The normalized spacial score (nSPS) is 11.5. The van der Waals surface area contributed by atoms with Crippen LogP contribution in [0.1, 0.15) is 15.9 Å². The minimum absolute atomic E-state index is 0.0273. The van der Waals surface area contributed by atoms with Crippen molar-refractivity contribution in [3.05, 3.63) is 77.9 Å². The van der Waals surface area contributed by atoms with Crippen LogP contribution in [0.2, 0.25) is 0 Å². The fraction of sp³-hybridized carbons (Fsp3) is 0.190. The van der Waals surface area contributed by atoms with Crippen LogP contribution in [0.25, 0.3) is 0 Å². The number of carbonyl (C=O) groups excluding carboxylic acids is 1. The second-order valence-electron chi connectivity index (χ2n) is 5.71. The summed E-state index contributed by atoms with van der Waals surface area (Å²) in [5, 5.41) is 8.84. The molecule has 0 heterocycles. The van der Waals surface area contributed by atoms with E-state index in [9.17, 15) is 13.2 Å². The highest BCUT2D eigenvalue weighted by molar-refractivity contribution is 7.89. The van der Waals surface area contributed by atoms with Gasteiger partial charge in [-0.05, 0) is 17.7 Å². The highest BCUT2D eigenvalue weighted by atomic mass is 32.2. The molecule has 1 N–H and O–H groups in total. The zero-order chi connectivity index (χ0) is 20.4. The molecule has 146 valence electrons. The molecular formula is C21H21NO5S. The first kappa shape index (κ1) is 21.4. The van der Waals surface area contributed by atoms with Gasteiger partial charge in [-0.15, -0.1) is 6.42 Å². The van der Waals surface area contributed by atoms with E-state index in [1.165, 1.54) is 30.4 Å². The van der Waals surface area contributed by atoms with Crippen molar-refractivity contribution < 1.29 is 23.1 Å². The highest BCUT2D eigenvalue weighted by Gasteiger charge is 2.28. The van der Waals surface area contributed by atoms with E-state index in [1.54, 1.807) is 18.2 Å². The van der Waals surface area contributed by atoms with E-state index in [4.69, 9.17) is 16.3 Å². The number of ether oxygens (including phenoxy) is 1. The number of sulfonamides is 1. The van der Waals surface area contributed by atoms with Crippen LogP contribution in [0.3, 0.4) is 0 Å². The lowest BCUT2D eigenvalue weighted by Gasteiger charge is -2.20. The van der Waals surface area contributed by atoms with Crippen molar-refractivity contribution in [1.29, 1.82) is 0 Å². The maximum Gasteiger partial charge on any atom is 0.339 e. The Balaban J connectivity index is 2.28. The number of esters is 1. The van der Waals surface area contributed by atoms with Crippen molar-refractivity contribution in [2.24, 2.45) is 0 Å². The van der Waals surface area contributed by atoms with E-state index in [0.29, 0.717) is 0 Å². The molecular weight excluding hydrogens is 378 g/mol. The molecule has 0 atom stereocenters. The van der Waals surface area contributed by atoms with Gasteiger partial charge < -0.3 is 9.84 Å². The van der Waals surface area contributed by atoms with Gasteiger partial charge in [0, 0.05) is 6.54 Å². The summed E-state index contributed by atoms with van der Waals surface area (Å²) in [6.45, 7) is -0.389. The lowest BCUT2D eigenvalue weighted by atomic mass is 10.2. The van der Waals surface area contributed by atoms with E-state index in [1.807, 2.05) is 18.2 Å². The predicted octanol–water partition coefficient (Wildman–Crippen LogP) is 2.22. The Labute approximate surface area is 165 Å². The molecule has 2 aromatic carbocycles. The maximum absolute atomic E-state index is 13.0. The Morgan fingerprint density at radius 2 is 1.79 bits per heavy atom. The smallest absolute Gasteiger partial charge is 0.339 e. The molecule has 0 aliphatic rings. The molecule has 0 saturated carbocycles. The first-order chi connectivity index (χ1) is 13.5. The lowest BCUT2D eigenvalue weighted by Crippen LogP contribution is -2.33. The number of carbonyl (C=O) groups is 1. The third-order valence-electron chi connectivity index (χ3n) is 3.79. The summed E-state index contributed by atoms with van der Waals surface area (Å²) in [7, 11) is -4.05. The minimum atomic E-state index is -4.05. The molecule has 0 radical (unpaired) electrons. The van der Waals surface area contributed by atoms with Crippen LogP contribution in [0, 0.1) is 12.3 Å². The molecule has 0 aliphatic heterocycles. The zero-order valence-electron chi connectivity index (χ0n) is 15.2. The Bertz CT molecular complexity index is 962. The first-order valence-corrected chi connectivity index (χ1v) is 9.94. The number of rotatable bonds is 9. The van der Waals surface area contributed by atoms with Crippen molar-refractivity contribution in [2.75, 3.05) is 19.7 Å². The third-order valence-corrected chi connectivity index (χ3v) is 5.66. The second kappa shape index (κ2) is 10.4.